The van der Waals surface area contributed by atoms with E-state index in [9.17, 15) is 0 Å². The monoisotopic (exact) mass is 416 g/mol. The average Bonchev–Trinajstić information content (AvgIpc) is 3.20. The number of fused-ring (bicyclic) bond motifs is 1. The van der Waals surface area contributed by atoms with Gasteiger partial charge in [-0.3, -0.25) is 4.98 Å². The van der Waals surface area contributed by atoms with Gasteiger partial charge in [0.15, 0.2) is 0 Å². The van der Waals surface area contributed by atoms with Gasteiger partial charge in [0.25, 0.3) is 0 Å². The Morgan fingerprint density at radius 2 is 2.03 bits per heavy atom. The summed E-state index contributed by atoms with van der Waals surface area (Å²) in [5.74, 6) is 0.632. The van der Waals surface area contributed by atoms with E-state index < -0.39 is 0 Å². The van der Waals surface area contributed by atoms with E-state index in [1.165, 1.54) is 27.4 Å². The van der Waals surface area contributed by atoms with E-state index in [4.69, 9.17) is 10.7 Å². The van der Waals surface area contributed by atoms with Gasteiger partial charge in [0.1, 0.15) is 0 Å². The minimum atomic E-state index is 0.632. The normalized spacial score (nSPS) is 11.3. The van der Waals surface area contributed by atoms with Crippen LogP contribution in [0, 0.1) is 6.92 Å². The van der Waals surface area contributed by atoms with Crippen molar-refractivity contribution in [1.82, 2.24) is 19.9 Å². The summed E-state index contributed by atoms with van der Waals surface area (Å²) >= 11 is 1.76. The van der Waals surface area contributed by atoms with E-state index in [2.05, 4.69) is 39.6 Å². The third kappa shape index (κ3) is 4.26. The molecule has 4 rings (SSSR count). The van der Waals surface area contributed by atoms with Crippen LogP contribution in [0.5, 0.6) is 0 Å². The van der Waals surface area contributed by atoms with Gasteiger partial charge in [-0.25, -0.2) is 9.97 Å². The fourth-order valence-corrected chi connectivity index (χ4v) is 4.53. The molecule has 4 aromatic rings. The first-order valence-electron chi connectivity index (χ1n) is 9.75. The van der Waals surface area contributed by atoms with E-state index in [1.807, 2.05) is 55.8 Å². The molecule has 0 aliphatic rings. The highest BCUT2D eigenvalue weighted by Gasteiger charge is 2.13. The lowest BCUT2D eigenvalue weighted by atomic mass is 10.1. The largest absolute Gasteiger partial charge is 0.403 e. The van der Waals surface area contributed by atoms with Crippen LogP contribution < -0.4 is 11.1 Å². The highest BCUT2D eigenvalue weighted by molar-refractivity contribution is 7.22. The molecule has 6 nitrogen and oxygen atoms in total. The van der Waals surface area contributed by atoms with E-state index in [1.54, 1.807) is 11.3 Å². The summed E-state index contributed by atoms with van der Waals surface area (Å²) in [5.41, 5.74) is 9.83. The second-order valence-corrected chi connectivity index (χ2v) is 8.10. The fourth-order valence-electron chi connectivity index (χ4n) is 3.28. The van der Waals surface area contributed by atoms with Gasteiger partial charge < -0.3 is 16.0 Å². The van der Waals surface area contributed by atoms with E-state index in [-0.39, 0.29) is 0 Å². The highest BCUT2D eigenvalue weighted by atomic mass is 32.1. The number of benzene rings is 1. The average molecular weight is 417 g/mol. The Labute approximate surface area is 180 Å². The predicted octanol–water partition coefficient (Wildman–Crippen LogP) is 4.50. The molecular formula is C23H24N6S. The van der Waals surface area contributed by atoms with Crippen LogP contribution in [0.1, 0.15) is 5.56 Å². The quantitative estimate of drug-likeness (QED) is 0.462. The molecule has 0 radical (unpaired) electrons. The molecule has 0 saturated heterocycles. The number of nitrogens with one attached hydrogen (secondary N) is 1. The first-order valence-corrected chi connectivity index (χ1v) is 10.6. The van der Waals surface area contributed by atoms with E-state index in [0.29, 0.717) is 5.95 Å². The van der Waals surface area contributed by atoms with Crippen molar-refractivity contribution in [2.75, 3.05) is 25.5 Å². The lowest BCUT2D eigenvalue weighted by Crippen LogP contribution is -2.21. The molecule has 152 valence electrons. The summed E-state index contributed by atoms with van der Waals surface area (Å²) in [6.45, 7) is 3.58. The summed E-state index contributed by atoms with van der Waals surface area (Å²) in [4.78, 5) is 16.5. The third-order valence-electron chi connectivity index (χ3n) is 4.83. The number of hydrogen-bond acceptors (Lipinski definition) is 7. The van der Waals surface area contributed by atoms with Crippen molar-refractivity contribution in [3.63, 3.8) is 0 Å². The Hall–Kier alpha value is -3.45. The van der Waals surface area contributed by atoms with Crippen molar-refractivity contribution in [1.29, 1.82) is 0 Å². The number of hydrogen-bond donors (Lipinski definition) is 2. The van der Waals surface area contributed by atoms with Crippen LogP contribution in [-0.4, -0.2) is 40.0 Å². The number of rotatable bonds is 7. The van der Waals surface area contributed by atoms with Crippen molar-refractivity contribution >= 4 is 27.4 Å². The van der Waals surface area contributed by atoms with Gasteiger partial charge in [0.05, 0.1) is 10.6 Å². The molecule has 3 aromatic heterocycles. The van der Waals surface area contributed by atoms with Gasteiger partial charge >= 0.3 is 0 Å². The molecule has 3 heterocycles. The molecule has 0 aliphatic heterocycles. The molecule has 0 amide bonds. The Bertz CT molecular complexity index is 1170. The molecule has 1 aromatic carbocycles. The number of nitrogens with zero attached hydrogens (tertiary/aromatic N) is 4. The number of anilines is 1. The molecule has 0 bridgehead atoms. The van der Waals surface area contributed by atoms with Crippen LogP contribution in [0.3, 0.4) is 0 Å². The minimum absolute atomic E-state index is 0.632. The molecule has 0 spiro atoms. The van der Waals surface area contributed by atoms with Crippen molar-refractivity contribution in [2.45, 2.75) is 6.92 Å². The zero-order valence-electron chi connectivity index (χ0n) is 17.0. The first-order chi connectivity index (χ1) is 14.7. The minimum Gasteiger partial charge on any atom is -0.403 e. The molecule has 0 atom stereocenters. The van der Waals surface area contributed by atoms with Crippen LogP contribution in [-0.2, 0) is 0 Å². The number of aromatic nitrogens is 3. The van der Waals surface area contributed by atoms with Crippen LogP contribution in [0.2, 0.25) is 0 Å². The van der Waals surface area contributed by atoms with Crippen LogP contribution in [0.25, 0.3) is 31.8 Å². The van der Waals surface area contributed by atoms with Gasteiger partial charge in [-0.2, -0.15) is 0 Å². The van der Waals surface area contributed by atoms with Crippen LogP contribution >= 0.6 is 11.3 Å². The fraction of sp³-hybridized carbons (Fsp3) is 0.174. The summed E-state index contributed by atoms with van der Waals surface area (Å²) in [5, 5.41) is 4.52. The molecule has 0 saturated carbocycles. The number of pyridine rings is 1. The number of nitrogens with two attached hydrogens (primary N) is 1. The first kappa shape index (κ1) is 19.8. The van der Waals surface area contributed by atoms with Gasteiger partial charge in [0, 0.05) is 55.8 Å². The maximum atomic E-state index is 5.42. The van der Waals surface area contributed by atoms with Gasteiger partial charge in [-0.15, -0.1) is 11.3 Å². The summed E-state index contributed by atoms with van der Waals surface area (Å²) in [7, 11) is 1.98. The molecule has 0 unspecified atom stereocenters. The third-order valence-corrected chi connectivity index (χ3v) is 6.02. The molecule has 0 fully saturated rings. The van der Waals surface area contributed by atoms with Crippen LogP contribution in [0.15, 0.2) is 67.4 Å². The maximum absolute atomic E-state index is 5.42. The maximum Gasteiger partial charge on any atom is 0.223 e. The van der Waals surface area contributed by atoms with Crippen molar-refractivity contribution in [3.8, 4) is 21.7 Å². The van der Waals surface area contributed by atoms with Gasteiger partial charge in [-0.05, 0) is 47.2 Å². The molecule has 30 heavy (non-hydrogen) atoms. The standard InChI is InChI=1S/C23H24N6S/c1-16-15-27-23(26-11-13-29(2)12-8-24)28-21(16)20-14-18-4-3-5-19(22(18)30-20)17-6-9-25-10-7-17/h3-10,12,14-15H,11,13,24H2,1-2H3,(H,26,27,28)/b12-8-. The Balaban J connectivity index is 1.64. The summed E-state index contributed by atoms with van der Waals surface area (Å²) < 4.78 is 1.25. The SMILES string of the molecule is Cc1cnc(NCCN(C)/C=C\N)nc1-c1cc2cccc(-c3ccncc3)c2s1. The Morgan fingerprint density at radius 1 is 1.20 bits per heavy atom. The predicted molar refractivity (Wildman–Crippen MR) is 125 cm³/mol. The summed E-state index contributed by atoms with van der Waals surface area (Å²) in [6.07, 6.45) is 8.90. The summed E-state index contributed by atoms with van der Waals surface area (Å²) in [6, 6.07) is 12.7. The zero-order chi connectivity index (χ0) is 20.9. The molecule has 7 heteroatoms. The smallest absolute Gasteiger partial charge is 0.223 e. The van der Waals surface area contributed by atoms with Gasteiger partial charge in [-0.1, -0.05) is 18.2 Å². The van der Waals surface area contributed by atoms with Gasteiger partial charge in [0.2, 0.25) is 5.95 Å². The van der Waals surface area contributed by atoms with E-state index >= 15 is 0 Å². The van der Waals surface area contributed by atoms with E-state index in [0.717, 1.165) is 29.2 Å². The Kier molecular flexibility index (Phi) is 5.90. The van der Waals surface area contributed by atoms with Crippen molar-refractivity contribution in [2.24, 2.45) is 5.73 Å². The molecule has 0 aliphatic carbocycles. The second kappa shape index (κ2) is 8.92. The van der Waals surface area contributed by atoms with Crippen molar-refractivity contribution in [3.05, 3.63) is 73.0 Å². The topological polar surface area (TPSA) is 80.0 Å². The second-order valence-electron chi connectivity index (χ2n) is 7.04. The Morgan fingerprint density at radius 3 is 2.83 bits per heavy atom. The lowest BCUT2D eigenvalue weighted by molar-refractivity contribution is 0.472. The number of aryl methyl sites for hydroxylation is 1. The zero-order valence-corrected chi connectivity index (χ0v) is 17.9. The highest BCUT2D eigenvalue weighted by Crippen LogP contribution is 2.39. The number of likely N-dealkylation sites (N-methyl/N-ethyl adjacent to an activating group) is 1. The van der Waals surface area contributed by atoms with Crippen molar-refractivity contribution < 1.29 is 0 Å². The molecular weight excluding hydrogens is 392 g/mol. The lowest BCUT2D eigenvalue weighted by Gasteiger charge is -2.14. The molecule has 3 N–H and O–H groups in total. The van der Waals surface area contributed by atoms with Crippen LogP contribution in [0.4, 0.5) is 5.95 Å². The number of thiophene rings is 1.